The van der Waals surface area contributed by atoms with Gasteiger partial charge in [-0.15, -0.1) is 0 Å². The highest BCUT2D eigenvalue weighted by molar-refractivity contribution is 7.80. The number of ether oxygens (including phenoxy) is 1. The summed E-state index contributed by atoms with van der Waals surface area (Å²) in [6.07, 6.45) is 4.39. The van der Waals surface area contributed by atoms with Crippen molar-refractivity contribution in [3.8, 4) is 5.75 Å². The van der Waals surface area contributed by atoms with E-state index in [1.807, 2.05) is 24.0 Å². The van der Waals surface area contributed by atoms with Crippen molar-refractivity contribution >= 4 is 23.1 Å². The minimum absolute atomic E-state index is 0.00208. The number of thiocarbonyl (C=S) groups is 1. The fourth-order valence-electron chi connectivity index (χ4n) is 2.78. The van der Waals surface area contributed by atoms with Gasteiger partial charge in [-0.05, 0) is 44.0 Å². The molecule has 1 amide bonds. The highest BCUT2D eigenvalue weighted by Crippen LogP contribution is 2.25. The average molecular weight is 306 g/mol. The molecule has 1 saturated carbocycles. The van der Waals surface area contributed by atoms with E-state index in [0.717, 1.165) is 31.4 Å². The van der Waals surface area contributed by atoms with Gasteiger partial charge in [-0.25, -0.2) is 0 Å². The molecule has 5 heteroatoms. The van der Waals surface area contributed by atoms with Crippen LogP contribution in [-0.2, 0) is 0 Å². The normalized spacial score (nSPS) is 14.9. The predicted octanol–water partition coefficient (Wildman–Crippen LogP) is 2.76. The van der Waals surface area contributed by atoms with Crippen molar-refractivity contribution < 1.29 is 9.53 Å². The fraction of sp³-hybridized carbons (Fsp3) is 0.500. The summed E-state index contributed by atoms with van der Waals surface area (Å²) < 4.78 is 5.40. The Kier molecular flexibility index (Phi) is 5.56. The molecule has 0 radical (unpaired) electrons. The third kappa shape index (κ3) is 4.17. The van der Waals surface area contributed by atoms with Gasteiger partial charge in [-0.2, -0.15) is 0 Å². The Hall–Kier alpha value is -1.62. The van der Waals surface area contributed by atoms with Crippen molar-refractivity contribution in [2.24, 2.45) is 5.73 Å². The van der Waals surface area contributed by atoms with Crippen molar-refractivity contribution in [3.05, 3.63) is 29.8 Å². The summed E-state index contributed by atoms with van der Waals surface area (Å²) in [5.74, 6) is 0.772. The molecule has 4 nitrogen and oxygen atoms in total. The minimum atomic E-state index is -0.00208. The first-order valence-corrected chi connectivity index (χ1v) is 7.84. The highest BCUT2D eigenvalue weighted by Gasteiger charge is 2.27. The lowest BCUT2D eigenvalue weighted by atomic mass is 10.1. The molecule has 0 saturated heterocycles. The molecule has 0 heterocycles. The van der Waals surface area contributed by atoms with Crippen molar-refractivity contribution in [2.75, 3.05) is 13.2 Å². The largest absolute Gasteiger partial charge is 0.494 e. The first-order valence-electron chi connectivity index (χ1n) is 7.44. The van der Waals surface area contributed by atoms with Gasteiger partial charge in [0.1, 0.15) is 5.75 Å². The molecule has 1 fully saturated rings. The Bertz CT molecular complexity index is 496. The summed E-state index contributed by atoms with van der Waals surface area (Å²) >= 11 is 5.00. The van der Waals surface area contributed by atoms with Crippen molar-refractivity contribution in [1.29, 1.82) is 0 Å². The third-order valence-electron chi connectivity index (χ3n) is 3.76. The van der Waals surface area contributed by atoms with Gasteiger partial charge < -0.3 is 15.4 Å². The Morgan fingerprint density at radius 1 is 1.33 bits per heavy atom. The molecular weight excluding hydrogens is 284 g/mol. The molecule has 0 spiro atoms. The van der Waals surface area contributed by atoms with Gasteiger partial charge in [0.25, 0.3) is 5.91 Å². The topological polar surface area (TPSA) is 55.6 Å². The Morgan fingerprint density at radius 2 is 1.95 bits per heavy atom. The number of hydrogen-bond acceptors (Lipinski definition) is 3. The summed E-state index contributed by atoms with van der Waals surface area (Å²) in [7, 11) is 0. The first kappa shape index (κ1) is 15.8. The molecule has 114 valence electrons. The number of benzene rings is 1. The zero-order valence-electron chi connectivity index (χ0n) is 12.4. The Morgan fingerprint density at radius 3 is 2.48 bits per heavy atom. The van der Waals surface area contributed by atoms with Gasteiger partial charge in [-0.3, -0.25) is 4.79 Å². The maximum Gasteiger partial charge on any atom is 0.254 e. The zero-order chi connectivity index (χ0) is 15.2. The molecule has 21 heavy (non-hydrogen) atoms. The average Bonchev–Trinajstić information content (AvgIpc) is 2.99. The van der Waals surface area contributed by atoms with Crippen LogP contribution >= 0.6 is 12.2 Å². The highest BCUT2D eigenvalue weighted by atomic mass is 32.1. The van der Waals surface area contributed by atoms with Crippen LogP contribution in [0.1, 0.15) is 43.0 Å². The number of nitrogens with two attached hydrogens (primary N) is 1. The van der Waals surface area contributed by atoms with Crippen LogP contribution in [0.5, 0.6) is 5.75 Å². The second-order valence-electron chi connectivity index (χ2n) is 5.30. The van der Waals surface area contributed by atoms with Crippen LogP contribution in [-0.4, -0.2) is 35.0 Å². The first-order chi connectivity index (χ1) is 10.1. The van der Waals surface area contributed by atoms with Crippen molar-refractivity contribution in [1.82, 2.24) is 4.90 Å². The number of nitrogens with zero attached hydrogens (tertiary/aromatic N) is 1. The second kappa shape index (κ2) is 7.41. The predicted molar refractivity (Wildman–Crippen MR) is 87.7 cm³/mol. The van der Waals surface area contributed by atoms with E-state index in [1.165, 1.54) is 0 Å². The molecule has 1 aliphatic rings. The minimum Gasteiger partial charge on any atom is -0.494 e. The van der Waals surface area contributed by atoms with Crippen LogP contribution in [0.15, 0.2) is 24.3 Å². The number of carbonyl (C=O) groups excluding carboxylic acids is 1. The molecule has 1 aromatic rings. The van der Waals surface area contributed by atoms with E-state index in [2.05, 4.69) is 0 Å². The van der Waals surface area contributed by atoms with Crippen LogP contribution in [0, 0.1) is 0 Å². The zero-order valence-corrected chi connectivity index (χ0v) is 13.2. The Balaban J connectivity index is 2.14. The van der Waals surface area contributed by atoms with E-state index in [0.29, 0.717) is 23.7 Å². The van der Waals surface area contributed by atoms with Gasteiger partial charge in [0.05, 0.1) is 18.1 Å². The monoisotopic (exact) mass is 306 g/mol. The molecule has 0 unspecified atom stereocenters. The van der Waals surface area contributed by atoms with Crippen LogP contribution < -0.4 is 10.5 Å². The van der Waals surface area contributed by atoms with E-state index < -0.39 is 0 Å². The smallest absolute Gasteiger partial charge is 0.254 e. The molecule has 1 aliphatic carbocycles. The van der Waals surface area contributed by atoms with E-state index in [1.54, 1.807) is 12.1 Å². The summed E-state index contributed by atoms with van der Waals surface area (Å²) in [5, 5.41) is 0. The lowest BCUT2D eigenvalue weighted by Gasteiger charge is -2.28. The summed E-state index contributed by atoms with van der Waals surface area (Å²) in [6, 6.07) is 7.50. The van der Waals surface area contributed by atoms with Gasteiger partial charge >= 0.3 is 0 Å². The maximum absolute atomic E-state index is 12.7. The van der Waals surface area contributed by atoms with E-state index >= 15 is 0 Å². The number of rotatable bonds is 6. The number of carbonyl (C=O) groups is 1. The van der Waals surface area contributed by atoms with Gasteiger partial charge in [0.15, 0.2) is 0 Å². The number of amides is 1. The summed E-state index contributed by atoms with van der Waals surface area (Å²) in [6.45, 7) is 2.90. The third-order valence-corrected chi connectivity index (χ3v) is 3.89. The maximum atomic E-state index is 12.7. The summed E-state index contributed by atoms with van der Waals surface area (Å²) in [4.78, 5) is 14.9. The molecular formula is C16H22N2O2S. The molecule has 0 aromatic heterocycles. The van der Waals surface area contributed by atoms with E-state index in [4.69, 9.17) is 22.7 Å². The standard InChI is InChI=1S/C16H22N2O2S/c1-2-20-14-9-7-12(8-10-14)16(19)18(11-15(17)21)13-5-3-4-6-13/h7-10,13H,2-6,11H2,1H3,(H2,17,21). The summed E-state index contributed by atoms with van der Waals surface area (Å²) in [5.41, 5.74) is 6.31. The van der Waals surface area contributed by atoms with Crippen LogP contribution in [0.2, 0.25) is 0 Å². The van der Waals surface area contributed by atoms with E-state index in [9.17, 15) is 4.79 Å². The van der Waals surface area contributed by atoms with Crippen molar-refractivity contribution in [2.45, 2.75) is 38.6 Å². The molecule has 0 bridgehead atoms. The lowest BCUT2D eigenvalue weighted by molar-refractivity contribution is 0.0714. The van der Waals surface area contributed by atoms with Crippen LogP contribution in [0.3, 0.4) is 0 Å². The number of hydrogen-bond donors (Lipinski definition) is 1. The van der Waals surface area contributed by atoms with Crippen LogP contribution in [0.4, 0.5) is 0 Å². The fourth-order valence-corrected chi connectivity index (χ4v) is 2.92. The lowest BCUT2D eigenvalue weighted by Crippen LogP contribution is -2.43. The molecule has 0 aliphatic heterocycles. The van der Waals surface area contributed by atoms with Gasteiger partial charge in [-0.1, -0.05) is 25.1 Å². The molecule has 0 atom stereocenters. The SMILES string of the molecule is CCOc1ccc(C(=O)N(CC(N)=S)C2CCCC2)cc1. The molecule has 1 aromatic carbocycles. The van der Waals surface area contributed by atoms with Crippen LogP contribution in [0.25, 0.3) is 0 Å². The second-order valence-corrected chi connectivity index (χ2v) is 5.82. The van der Waals surface area contributed by atoms with Gasteiger partial charge in [0.2, 0.25) is 0 Å². The quantitative estimate of drug-likeness (QED) is 0.821. The molecule has 2 rings (SSSR count). The van der Waals surface area contributed by atoms with Crippen molar-refractivity contribution in [3.63, 3.8) is 0 Å². The van der Waals surface area contributed by atoms with Gasteiger partial charge in [0, 0.05) is 11.6 Å². The molecule has 2 N–H and O–H groups in total. The Labute approximate surface area is 131 Å². The van der Waals surface area contributed by atoms with E-state index in [-0.39, 0.29) is 11.9 Å².